The van der Waals surface area contributed by atoms with Gasteiger partial charge in [0, 0.05) is 24.2 Å². The van der Waals surface area contributed by atoms with Crippen molar-refractivity contribution >= 4 is 62.7 Å². The van der Waals surface area contributed by atoms with Gasteiger partial charge in [0.1, 0.15) is 34.8 Å². The fourth-order valence-electron chi connectivity index (χ4n) is 5.29. The molecule has 2 atom stereocenters. The topological polar surface area (TPSA) is 155 Å². The van der Waals surface area contributed by atoms with Crippen LogP contribution >= 0.6 is 27.0 Å². The predicted octanol–water partition coefficient (Wildman–Crippen LogP) is 5.96. The lowest BCUT2D eigenvalue weighted by Gasteiger charge is -2.27. The number of carbonyl (C=O) groups is 6. The maximum absolute atomic E-state index is 12.7. The van der Waals surface area contributed by atoms with Crippen LogP contribution in [0, 0.1) is 0 Å². The molecule has 2 heterocycles. The van der Waals surface area contributed by atoms with E-state index in [1.807, 2.05) is 0 Å². The second-order valence-electron chi connectivity index (χ2n) is 13.9. The molecular weight excluding hydrogens is 701 g/mol. The highest BCUT2D eigenvalue weighted by Crippen LogP contribution is 2.25. The number of rotatable bonds is 10. The molecule has 0 saturated carbocycles. The lowest BCUT2D eigenvalue weighted by atomic mass is 10.1. The fourth-order valence-corrected chi connectivity index (χ4v) is 5.29. The van der Waals surface area contributed by atoms with Crippen molar-refractivity contribution in [2.45, 2.75) is 90.5 Å². The number of benzene rings is 2. The van der Waals surface area contributed by atoms with Crippen molar-refractivity contribution < 1.29 is 52.5 Å². The minimum Gasteiger partial charge on any atom is -0.457 e. The van der Waals surface area contributed by atoms with Crippen LogP contribution in [0.5, 0.6) is 11.5 Å². The maximum atomic E-state index is 12.7. The van der Waals surface area contributed by atoms with Gasteiger partial charge in [-0.25, -0.2) is 19.2 Å². The van der Waals surface area contributed by atoms with E-state index < -0.39 is 72.2 Å². The Hall–Kier alpha value is -4.24. The summed E-state index contributed by atoms with van der Waals surface area (Å²) >= 11 is 0. The van der Waals surface area contributed by atoms with E-state index >= 15 is 0 Å². The Morgan fingerprint density at radius 2 is 0.922 bits per heavy atom. The second kappa shape index (κ2) is 18.3. The van der Waals surface area contributed by atoms with Crippen molar-refractivity contribution in [3.05, 3.63) is 59.7 Å². The van der Waals surface area contributed by atoms with Crippen LogP contribution in [0.2, 0.25) is 0 Å². The summed E-state index contributed by atoms with van der Waals surface area (Å²) in [7, 11) is 0. The molecule has 2 aromatic rings. The molecule has 2 fully saturated rings. The Kier molecular flexibility index (Phi) is 15.4. The van der Waals surface area contributed by atoms with Crippen LogP contribution in [0.25, 0.3) is 0 Å². The third-order valence-electron chi connectivity index (χ3n) is 7.59. The number of likely N-dealkylation sites (tertiary alicyclic amines) is 2. The molecule has 280 valence electrons. The molecule has 2 aliphatic heterocycles. The van der Waals surface area contributed by atoms with Crippen LogP contribution in [0.1, 0.15) is 87.9 Å². The monoisotopic (exact) mass is 748 g/mol. The Labute approximate surface area is 312 Å². The van der Waals surface area contributed by atoms with Gasteiger partial charge in [0.15, 0.2) is 24.8 Å². The number of esters is 2. The third kappa shape index (κ3) is 12.5. The Balaban J connectivity index is 0.00000451. The summed E-state index contributed by atoms with van der Waals surface area (Å²) in [5.74, 6) is -1.31. The first-order valence-electron chi connectivity index (χ1n) is 16.3. The minimum absolute atomic E-state index is 0. The molecule has 2 amide bonds. The van der Waals surface area contributed by atoms with E-state index in [0.29, 0.717) is 61.4 Å². The molecule has 0 spiro atoms. The van der Waals surface area contributed by atoms with E-state index in [2.05, 4.69) is 0 Å². The smallest absolute Gasteiger partial charge is 0.411 e. The van der Waals surface area contributed by atoms with Gasteiger partial charge in [-0.2, -0.15) is 27.0 Å². The van der Waals surface area contributed by atoms with Crippen molar-refractivity contribution in [2.24, 2.45) is 0 Å². The summed E-state index contributed by atoms with van der Waals surface area (Å²) in [6, 6.07) is 10.9. The average molecular weight is 749 g/mol. The summed E-state index contributed by atoms with van der Waals surface area (Å²) in [6.45, 7) is 10.2. The van der Waals surface area contributed by atoms with E-state index in [-0.39, 0.29) is 27.0 Å². The molecule has 0 aromatic heterocycles. The Bertz CT molecular complexity index is 1440. The summed E-state index contributed by atoms with van der Waals surface area (Å²) in [4.78, 5) is 78.3. The number of Topliss-reactive ketones (excluding diaryl/α,β-unsaturated/α-hetero) is 2. The number of carbonyl (C=O) groups excluding carboxylic acids is 6. The fraction of sp³-hybridized carbons (Fsp3) is 0.500. The molecule has 15 heteroatoms. The van der Waals surface area contributed by atoms with E-state index in [4.69, 9.17) is 23.7 Å². The van der Waals surface area contributed by atoms with Gasteiger partial charge < -0.3 is 23.7 Å². The van der Waals surface area contributed by atoms with Gasteiger partial charge in [-0.15, -0.1) is 0 Å². The van der Waals surface area contributed by atoms with E-state index in [1.165, 1.54) is 34.1 Å². The molecule has 2 aromatic carbocycles. The van der Waals surface area contributed by atoms with Crippen molar-refractivity contribution in [3.8, 4) is 11.5 Å². The lowest BCUT2D eigenvalue weighted by molar-refractivity contribution is -0.148. The largest absolute Gasteiger partial charge is 0.457 e. The normalized spacial score (nSPS) is 17.0. The van der Waals surface area contributed by atoms with Crippen molar-refractivity contribution in [1.29, 1.82) is 0 Å². The molecule has 0 radical (unpaired) electrons. The van der Waals surface area contributed by atoms with Gasteiger partial charge in [-0.3, -0.25) is 19.4 Å². The molecule has 2 aliphatic rings. The first-order valence-corrected chi connectivity index (χ1v) is 16.3. The van der Waals surface area contributed by atoms with Gasteiger partial charge in [-0.05, 0) is 116 Å². The van der Waals surface area contributed by atoms with Crippen LogP contribution in [-0.4, -0.2) is 95.1 Å². The quantitative estimate of drug-likeness (QED) is 0.161. The van der Waals surface area contributed by atoms with Gasteiger partial charge in [0.2, 0.25) is 0 Å². The van der Waals surface area contributed by atoms with Crippen LogP contribution < -0.4 is 4.74 Å². The number of ketones is 2. The first kappa shape index (κ1) is 42.9. The Morgan fingerprint density at radius 1 is 0.588 bits per heavy atom. The molecule has 4 rings (SSSR count). The van der Waals surface area contributed by atoms with Crippen molar-refractivity contribution in [2.75, 3.05) is 26.3 Å². The molecule has 0 unspecified atom stereocenters. The molecule has 0 bridgehead atoms. The van der Waals surface area contributed by atoms with Gasteiger partial charge in [0.05, 0.1) is 0 Å². The third-order valence-corrected chi connectivity index (χ3v) is 7.59. The molecule has 0 aliphatic carbocycles. The zero-order valence-corrected chi connectivity index (χ0v) is 31.8. The molecular formula is C36H48N2O11S2. The summed E-state index contributed by atoms with van der Waals surface area (Å²) in [5.41, 5.74) is -0.797. The predicted molar refractivity (Wildman–Crippen MR) is 196 cm³/mol. The average Bonchev–Trinajstić information content (AvgIpc) is 3.72. The zero-order valence-electron chi connectivity index (χ0n) is 29.8. The standard InChI is InChI=1S/C36H44N2O11.2H2S/c1-35(2,3)48-33(43)37-19-7-9-27(37)31(41)45-21-29(39)23-11-15-25(16-12-23)47-26-17-13-24(14-18-26)30(40)22-46-32(42)28-10-8-20-38(28)34(44)49-36(4,5)6;;/h11-18,27-28H,7-10,19-22H2,1-6H3;2*1H2/t27-,28-;;/m0../s1. The highest BCUT2D eigenvalue weighted by atomic mass is 32.1. The maximum Gasteiger partial charge on any atom is 0.411 e. The summed E-state index contributed by atoms with van der Waals surface area (Å²) in [5, 5.41) is 0. The van der Waals surface area contributed by atoms with Gasteiger partial charge in [0.25, 0.3) is 0 Å². The van der Waals surface area contributed by atoms with E-state index in [0.717, 1.165) is 0 Å². The summed E-state index contributed by atoms with van der Waals surface area (Å²) < 4.78 is 27.1. The lowest BCUT2D eigenvalue weighted by Crippen LogP contribution is -2.44. The van der Waals surface area contributed by atoms with Crippen LogP contribution in [0.15, 0.2) is 48.5 Å². The first-order chi connectivity index (χ1) is 23.0. The Morgan fingerprint density at radius 3 is 1.24 bits per heavy atom. The molecule has 2 saturated heterocycles. The molecule has 51 heavy (non-hydrogen) atoms. The number of nitrogens with zero attached hydrogens (tertiary/aromatic N) is 2. The number of hydrogen-bond donors (Lipinski definition) is 0. The van der Waals surface area contributed by atoms with Gasteiger partial charge >= 0.3 is 24.1 Å². The second-order valence-corrected chi connectivity index (χ2v) is 13.9. The van der Waals surface area contributed by atoms with E-state index in [9.17, 15) is 28.8 Å². The van der Waals surface area contributed by atoms with Crippen LogP contribution in [0.4, 0.5) is 9.59 Å². The number of ether oxygens (including phenoxy) is 5. The van der Waals surface area contributed by atoms with E-state index in [1.54, 1.807) is 65.8 Å². The SMILES string of the molecule is CC(C)(C)OC(=O)N1CCC[C@H]1C(=O)OCC(=O)c1ccc(Oc2ccc(C(=O)COC(=O)[C@@H]3CCCN3C(=O)OC(C)(C)C)cc2)cc1.S.S. The van der Waals surface area contributed by atoms with Crippen molar-refractivity contribution in [3.63, 3.8) is 0 Å². The highest BCUT2D eigenvalue weighted by Gasteiger charge is 2.39. The minimum atomic E-state index is -0.802. The van der Waals surface area contributed by atoms with Crippen LogP contribution in [-0.2, 0) is 28.5 Å². The molecule has 13 nitrogen and oxygen atoms in total. The zero-order chi connectivity index (χ0) is 35.9. The number of amides is 2. The van der Waals surface area contributed by atoms with Crippen molar-refractivity contribution in [1.82, 2.24) is 9.80 Å². The highest BCUT2D eigenvalue weighted by molar-refractivity contribution is 7.59. The molecule has 0 N–H and O–H groups in total. The summed E-state index contributed by atoms with van der Waals surface area (Å²) in [6.07, 6.45) is 0.922. The van der Waals surface area contributed by atoms with Gasteiger partial charge in [-0.1, -0.05) is 0 Å². The van der Waals surface area contributed by atoms with Crippen LogP contribution in [0.3, 0.4) is 0 Å². The number of hydrogen-bond acceptors (Lipinski definition) is 11.